The second-order valence-electron chi connectivity index (χ2n) is 6.75. The maximum absolute atomic E-state index is 12.7. The van der Waals surface area contributed by atoms with Crippen molar-refractivity contribution in [2.75, 3.05) is 13.2 Å². The lowest BCUT2D eigenvalue weighted by Gasteiger charge is -2.21. The molecule has 1 aromatic carbocycles. The number of hydrogen-bond acceptors (Lipinski definition) is 3. The Morgan fingerprint density at radius 3 is 2.38 bits per heavy atom. The van der Waals surface area contributed by atoms with E-state index in [1.165, 1.54) is 12.1 Å². The molecule has 0 aliphatic rings. The molecule has 2 N–H and O–H groups in total. The molecule has 1 atom stereocenters. The minimum atomic E-state index is -0.563. The summed E-state index contributed by atoms with van der Waals surface area (Å²) in [4.78, 5) is 23.7. The topological polar surface area (TPSA) is 67.4 Å². The van der Waals surface area contributed by atoms with Crippen molar-refractivity contribution in [1.29, 1.82) is 0 Å². The van der Waals surface area contributed by atoms with Gasteiger partial charge in [0.1, 0.15) is 17.6 Å². The van der Waals surface area contributed by atoms with Crippen LogP contribution < -0.4 is 15.4 Å². The van der Waals surface area contributed by atoms with E-state index in [1.54, 1.807) is 39.8 Å². The van der Waals surface area contributed by atoms with Crippen molar-refractivity contribution in [2.24, 2.45) is 5.41 Å². The number of halogens is 1. The zero-order chi connectivity index (χ0) is 18.2. The van der Waals surface area contributed by atoms with Crippen molar-refractivity contribution in [2.45, 2.75) is 46.6 Å². The van der Waals surface area contributed by atoms with Gasteiger partial charge in [-0.25, -0.2) is 4.39 Å². The predicted octanol–water partition coefficient (Wildman–Crippen LogP) is 2.65. The molecule has 2 amide bonds. The average Bonchev–Trinajstić information content (AvgIpc) is 2.51. The lowest BCUT2D eigenvalue weighted by atomic mass is 9.95. The Bertz CT molecular complexity index is 538. The summed E-state index contributed by atoms with van der Waals surface area (Å²) in [5.41, 5.74) is -0.522. The number of rotatable bonds is 8. The fraction of sp³-hybridized carbons (Fsp3) is 0.556. The molecule has 0 aliphatic heterocycles. The fourth-order valence-corrected chi connectivity index (χ4v) is 1.79. The molecule has 1 aromatic rings. The van der Waals surface area contributed by atoms with Crippen LogP contribution in [-0.2, 0) is 9.59 Å². The van der Waals surface area contributed by atoms with Crippen molar-refractivity contribution in [3.8, 4) is 5.75 Å². The zero-order valence-corrected chi connectivity index (χ0v) is 14.8. The molecule has 134 valence electrons. The summed E-state index contributed by atoms with van der Waals surface area (Å²) in [7, 11) is 0. The van der Waals surface area contributed by atoms with Gasteiger partial charge in [0.05, 0.1) is 6.61 Å². The summed E-state index contributed by atoms with van der Waals surface area (Å²) in [6, 6.07) is 5.30. The van der Waals surface area contributed by atoms with Crippen molar-refractivity contribution in [1.82, 2.24) is 10.6 Å². The summed E-state index contributed by atoms with van der Waals surface area (Å²) < 4.78 is 18.2. The molecule has 0 radical (unpaired) electrons. The van der Waals surface area contributed by atoms with E-state index >= 15 is 0 Å². The van der Waals surface area contributed by atoms with Gasteiger partial charge in [0.2, 0.25) is 11.8 Å². The first-order valence-electron chi connectivity index (χ1n) is 8.17. The van der Waals surface area contributed by atoms with Crippen LogP contribution in [0.3, 0.4) is 0 Å². The molecule has 0 bridgehead atoms. The third-order valence-electron chi connectivity index (χ3n) is 3.37. The quantitative estimate of drug-likeness (QED) is 0.716. The summed E-state index contributed by atoms with van der Waals surface area (Å²) in [5.74, 6) is -0.0263. The summed E-state index contributed by atoms with van der Waals surface area (Å²) in [6.07, 6.45) is 1.52. The van der Waals surface area contributed by atoms with E-state index in [0.717, 1.165) is 12.8 Å². The molecule has 24 heavy (non-hydrogen) atoms. The molecule has 0 aromatic heterocycles. The molecule has 6 heteroatoms. The van der Waals surface area contributed by atoms with Gasteiger partial charge in [-0.1, -0.05) is 20.8 Å². The van der Waals surface area contributed by atoms with Gasteiger partial charge < -0.3 is 15.4 Å². The van der Waals surface area contributed by atoms with E-state index in [2.05, 4.69) is 10.6 Å². The standard InChI is InChI=1S/C18H27FN2O3/c1-13(21-17(23)18(2,3)4)16(22)20-11-5-6-12-24-15-9-7-14(19)8-10-15/h7-10,13H,5-6,11-12H2,1-4H3,(H,20,22)(H,21,23). The monoisotopic (exact) mass is 338 g/mol. The number of benzene rings is 1. The summed E-state index contributed by atoms with van der Waals surface area (Å²) in [6.45, 7) is 8.08. The highest BCUT2D eigenvalue weighted by atomic mass is 19.1. The van der Waals surface area contributed by atoms with Crippen LogP contribution in [0.2, 0.25) is 0 Å². The lowest BCUT2D eigenvalue weighted by Crippen LogP contribution is -2.48. The Balaban J connectivity index is 2.14. The molecule has 0 aliphatic carbocycles. The Morgan fingerprint density at radius 1 is 1.17 bits per heavy atom. The van der Waals surface area contributed by atoms with Gasteiger partial charge >= 0.3 is 0 Å². The SMILES string of the molecule is CC(NC(=O)C(C)(C)C)C(=O)NCCCCOc1ccc(F)cc1. The van der Waals surface area contributed by atoms with Gasteiger partial charge in [-0.05, 0) is 44.0 Å². The van der Waals surface area contributed by atoms with E-state index < -0.39 is 11.5 Å². The number of amides is 2. The Kier molecular flexibility index (Phi) is 7.68. The van der Waals surface area contributed by atoms with Crippen LogP contribution in [0.25, 0.3) is 0 Å². The number of unbranched alkanes of at least 4 members (excludes halogenated alkanes) is 1. The van der Waals surface area contributed by atoms with Crippen molar-refractivity contribution >= 4 is 11.8 Å². The maximum atomic E-state index is 12.7. The third-order valence-corrected chi connectivity index (χ3v) is 3.37. The van der Waals surface area contributed by atoms with Crippen LogP contribution in [0, 0.1) is 11.2 Å². The smallest absolute Gasteiger partial charge is 0.242 e. The molecular formula is C18H27FN2O3. The van der Waals surface area contributed by atoms with Gasteiger partial charge in [0.15, 0.2) is 0 Å². The number of carbonyl (C=O) groups is 2. The first kappa shape index (κ1) is 19.9. The van der Waals surface area contributed by atoms with Crippen molar-refractivity contribution in [3.05, 3.63) is 30.1 Å². The molecule has 0 fully saturated rings. The Labute approximate surface area is 143 Å². The van der Waals surface area contributed by atoms with Gasteiger partial charge in [-0.15, -0.1) is 0 Å². The van der Waals surface area contributed by atoms with Crippen molar-refractivity contribution in [3.63, 3.8) is 0 Å². The lowest BCUT2D eigenvalue weighted by molar-refractivity contribution is -0.133. The summed E-state index contributed by atoms with van der Waals surface area (Å²) >= 11 is 0. The van der Waals surface area contributed by atoms with Gasteiger partial charge in [0.25, 0.3) is 0 Å². The molecule has 0 saturated carbocycles. The van der Waals surface area contributed by atoms with Gasteiger partial charge in [0, 0.05) is 12.0 Å². The highest BCUT2D eigenvalue weighted by Crippen LogP contribution is 2.13. The predicted molar refractivity (Wildman–Crippen MR) is 91.2 cm³/mol. The second kappa shape index (κ2) is 9.25. The van der Waals surface area contributed by atoms with E-state index in [0.29, 0.717) is 18.9 Å². The third kappa shape index (κ3) is 7.44. The van der Waals surface area contributed by atoms with E-state index in [-0.39, 0.29) is 17.6 Å². The number of carbonyl (C=O) groups excluding carboxylic acids is 2. The summed E-state index contributed by atoms with van der Waals surface area (Å²) in [5, 5.41) is 5.48. The van der Waals surface area contributed by atoms with Crippen LogP contribution >= 0.6 is 0 Å². The molecule has 0 spiro atoms. The van der Waals surface area contributed by atoms with Crippen LogP contribution in [0.5, 0.6) is 5.75 Å². The largest absolute Gasteiger partial charge is 0.494 e. The number of ether oxygens (including phenoxy) is 1. The normalized spacial score (nSPS) is 12.4. The highest BCUT2D eigenvalue weighted by Gasteiger charge is 2.24. The van der Waals surface area contributed by atoms with Crippen LogP contribution in [0.4, 0.5) is 4.39 Å². The van der Waals surface area contributed by atoms with E-state index in [1.807, 2.05) is 0 Å². The molecule has 0 heterocycles. The van der Waals surface area contributed by atoms with Gasteiger partial charge in [-0.2, -0.15) is 0 Å². The molecule has 5 nitrogen and oxygen atoms in total. The first-order valence-corrected chi connectivity index (χ1v) is 8.17. The number of nitrogens with one attached hydrogen (secondary N) is 2. The molecular weight excluding hydrogens is 311 g/mol. The van der Waals surface area contributed by atoms with Crippen LogP contribution in [0.1, 0.15) is 40.5 Å². The Morgan fingerprint density at radius 2 is 1.79 bits per heavy atom. The van der Waals surface area contributed by atoms with E-state index in [4.69, 9.17) is 4.74 Å². The Hall–Kier alpha value is -2.11. The molecule has 0 saturated heterocycles. The van der Waals surface area contributed by atoms with E-state index in [9.17, 15) is 14.0 Å². The van der Waals surface area contributed by atoms with Crippen LogP contribution in [-0.4, -0.2) is 31.0 Å². The van der Waals surface area contributed by atoms with Crippen molar-refractivity contribution < 1.29 is 18.7 Å². The maximum Gasteiger partial charge on any atom is 0.242 e. The highest BCUT2D eigenvalue weighted by molar-refractivity contribution is 5.89. The van der Waals surface area contributed by atoms with Crippen LogP contribution in [0.15, 0.2) is 24.3 Å². The molecule has 1 rings (SSSR count). The minimum Gasteiger partial charge on any atom is -0.494 e. The average molecular weight is 338 g/mol. The number of hydrogen-bond donors (Lipinski definition) is 2. The first-order chi connectivity index (χ1) is 11.2. The molecule has 1 unspecified atom stereocenters. The minimum absolute atomic E-state index is 0.155. The zero-order valence-electron chi connectivity index (χ0n) is 14.8. The fourth-order valence-electron chi connectivity index (χ4n) is 1.79. The second-order valence-corrected chi connectivity index (χ2v) is 6.75. The van der Waals surface area contributed by atoms with Gasteiger partial charge in [-0.3, -0.25) is 9.59 Å².